The molecule has 2 aromatic carbocycles. The molecule has 1 atom stereocenters. The zero-order valence-corrected chi connectivity index (χ0v) is 16.1. The molecule has 0 saturated heterocycles. The number of imide groups is 1. The zero-order valence-electron chi connectivity index (χ0n) is 16.1. The number of hydrogen-bond acceptors (Lipinski definition) is 4. The quantitative estimate of drug-likeness (QED) is 0.817. The van der Waals surface area contributed by atoms with Crippen molar-refractivity contribution < 1.29 is 19.5 Å². The summed E-state index contributed by atoms with van der Waals surface area (Å²) in [6.07, 6.45) is 5.11. The minimum Gasteiger partial charge on any atom is -0.369 e. The van der Waals surface area contributed by atoms with E-state index in [1.165, 1.54) is 29.2 Å². The molecule has 0 aliphatic carbocycles. The molecule has 3 amide bonds. The van der Waals surface area contributed by atoms with E-state index >= 15 is 0 Å². The van der Waals surface area contributed by atoms with Crippen molar-refractivity contribution in [1.29, 1.82) is 0 Å². The number of aliphatic hydroxyl groups excluding tert-OH is 1. The minimum atomic E-state index is -0.937. The average molecular weight is 388 g/mol. The maximum Gasteiger partial charge on any atom is 0.258 e. The van der Waals surface area contributed by atoms with Crippen molar-refractivity contribution in [2.24, 2.45) is 0 Å². The first-order chi connectivity index (χ1) is 13.8. The monoisotopic (exact) mass is 388 g/mol. The van der Waals surface area contributed by atoms with E-state index in [1.807, 2.05) is 44.2 Å². The number of benzene rings is 2. The Morgan fingerprint density at radius 3 is 1.86 bits per heavy atom. The van der Waals surface area contributed by atoms with Crippen molar-refractivity contribution >= 4 is 29.1 Å². The van der Waals surface area contributed by atoms with Crippen LogP contribution in [-0.2, 0) is 20.8 Å². The fourth-order valence-electron chi connectivity index (χ4n) is 3.65. The molecule has 146 valence electrons. The summed E-state index contributed by atoms with van der Waals surface area (Å²) >= 11 is 0. The first kappa shape index (κ1) is 18.8. The van der Waals surface area contributed by atoms with Crippen LogP contribution in [0.5, 0.6) is 0 Å². The van der Waals surface area contributed by atoms with Crippen molar-refractivity contribution in [3.8, 4) is 0 Å². The van der Waals surface area contributed by atoms with Crippen LogP contribution in [0.1, 0.15) is 22.3 Å². The zero-order chi connectivity index (χ0) is 20.7. The minimum absolute atomic E-state index is 0.239. The summed E-state index contributed by atoms with van der Waals surface area (Å²) in [5.41, 5.74) is 5.37. The number of anilines is 2. The number of rotatable bonds is 4. The average Bonchev–Trinajstić information content (AvgIpc) is 3.19. The van der Waals surface area contributed by atoms with Gasteiger partial charge in [0.05, 0.1) is 5.69 Å². The Labute approximate surface area is 168 Å². The second-order valence-corrected chi connectivity index (χ2v) is 7.22. The predicted octanol–water partition coefficient (Wildman–Crippen LogP) is 2.54. The van der Waals surface area contributed by atoms with Gasteiger partial charge in [-0.05, 0) is 72.9 Å². The Morgan fingerprint density at radius 1 is 0.793 bits per heavy atom. The Morgan fingerprint density at radius 2 is 1.34 bits per heavy atom. The number of hydrogen-bond donors (Lipinski definition) is 1. The Kier molecular flexibility index (Phi) is 4.64. The second-order valence-electron chi connectivity index (χ2n) is 7.22. The Balaban J connectivity index is 1.56. The molecule has 2 aromatic rings. The standard InChI is InChI=1S/C23H20N2O4/c1-14-11-18(24-20(26)7-8-21(24)27)5-3-16(14)13-17-4-6-19(12-15(17)2)25-22(28)9-10-23(25)29/h3-12,20,26H,13H2,1-2H3. The Bertz CT molecular complexity index is 1080. The molecule has 6 heteroatoms. The van der Waals surface area contributed by atoms with Crippen molar-refractivity contribution in [3.63, 3.8) is 0 Å². The van der Waals surface area contributed by atoms with E-state index in [4.69, 9.17) is 0 Å². The van der Waals surface area contributed by atoms with Crippen molar-refractivity contribution in [1.82, 2.24) is 0 Å². The second kappa shape index (κ2) is 7.14. The summed E-state index contributed by atoms with van der Waals surface area (Å²) in [4.78, 5) is 38.2. The lowest BCUT2D eigenvalue weighted by Crippen LogP contribution is -2.33. The molecule has 2 aliphatic heterocycles. The van der Waals surface area contributed by atoms with Gasteiger partial charge >= 0.3 is 0 Å². The number of amides is 3. The van der Waals surface area contributed by atoms with Gasteiger partial charge in [-0.25, -0.2) is 4.90 Å². The lowest BCUT2D eigenvalue weighted by molar-refractivity contribution is -0.120. The normalized spacial score (nSPS) is 18.4. The van der Waals surface area contributed by atoms with Gasteiger partial charge in [-0.3, -0.25) is 19.3 Å². The summed E-state index contributed by atoms with van der Waals surface area (Å²) in [7, 11) is 0. The summed E-state index contributed by atoms with van der Waals surface area (Å²) in [5, 5.41) is 9.96. The van der Waals surface area contributed by atoms with Gasteiger partial charge in [-0.1, -0.05) is 12.1 Å². The smallest absolute Gasteiger partial charge is 0.258 e. The molecular weight excluding hydrogens is 368 g/mol. The van der Waals surface area contributed by atoms with Crippen LogP contribution < -0.4 is 9.80 Å². The topological polar surface area (TPSA) is 77.9 Å². The van der Waals surface area contributed by atoms with Gasteiger partial charge < -0.3 is 5.11 Å². The molecule has 1 unspecified atom stereocenters. The Hall–Kier alpha value is -3.51. The molecular formula is C23H20N2O4. The van der Waals surface area contributed by atoms with Crippen molar-refractivity contribution in [2.45, 2.75) is 26.5 Å². The van der Waals surface area contributed by atoms with Gasteiger partial charge in [0.15, 0.2) is 6.23 Å². The third-order valence-corrected chi connectivity index (χ3v) is 5.29. The van der Waals surface area contributed by atoms with Gasteiger partial charge in [-0.2, -0.15) is 0 Å². The molecule has 0 aromatic heterocycles. The highest BCUT2D eigenvalue weighted by Gasteiger charge is 2.26. The molecule has 0 spiro atoms. The van der Waals surface area contributed by atoms with Gasteiger partial charge in [0.25, 0.3) is 17.7 Å². The molecule has 0 bridgehead atoms. The number of nitrogens with zero attached hydrogens (tertiary/aromatic N) is 2. The molecule has 6 nitrogen and oxygen atoms in total. The van der Waals surface area contributed by atoms with Crippen LogP contribution in [0.4, 0.5) is 11.4 Å². The highest BCUT2D eigenvalue weighted by atomic mass is 16.3. The maximum atomic E-state index is 11.9. The molecule has 0 saturated carbocycles. The van der Waals surface area contributed by atoms with Crippen LogP contribution >= 0.6 is 0 Å². The molecule has 1 N–H and O–H groups in total. The number of aliphatic hydroxyl groups is 1. The van der Waals surface area contributed by atoms with Crippen molar-refractivity contribution in [3.05, 3.63) is 83.0 Å². The van der Waals surface area contributed by atoms with E-state index in [0.29, 0.717) is 17.8 Å². The maximum absolute atomic E-state index is 11.9. The van der Waals surface area contributed by atoms with Crippen molar-refractivity contribution in [2.75, 3.05) is 9.80 Å². The highest BCUT2D eigenvalue weighted by Crippen LogP contribution is 2.28. The van der Waals surface area contributed by atoms with E-state index in [1.54, 1.807) is 6.07 Å². The highest BCUT2D eigenvalue weighted by molar-refractivity contribution is 6.28. The van der Waals surface area contributed by atoms with E-state index in [2.05, 4.69) is 0 Å². The molecule has 2 aliphatic rings. The van der Waals surface area contributed by atoms with Crippen LogP contribution in [-0.4, -0.2) is 29.1 Å². The first-order valence-electron chi connectivity index (χ1n) is 9.30. The van der Waals surface area contributed by atoms with E-state index in [9.17, 15) is 19.5 Å². The van der Waals surface area contributed by atoms with Crippen LogP contribution in [0.3, 0.4) is 0 Å². The lowest BCUT2D eigenvalue weighted by atomic mass is 9.96. The van der Waals surface area contributed by atoms with E-state index in [-0.39, 0.29) is 17.7 Å². The SMILES string of the molecule is Cc1cc(N2C(=O)C=CC2=O)ccc1Cc1ccc(N2C(=O)C=CC2O)cc1C. The van der Waals surface area contributed by atoms with Gasteiger partial charge in [0.2, 0.25) is 0 Å². The van der Waals surface area contributed by atoms with E-state index < -0.39 is 6.23 Å². The largest absolute Gasteiger partial charge is 0.369 e. The van der Waals surface area contributed by atoms with Crippen LogP contribution in [0.25, 0.3) is 0 Å². The lowest BCUT2D eigenvalue weighted by Gasteiger charge is -2.22. The van der Waals surface area contributed by atoms with Gasteiger partial charge in [0, 0.05) is 23.9 Å². The summed E-state index contributed by atoms with van der Waals surface area (Å²) in [6.45, 7) is 3.92. The molecule has 0 radical (unpaired) electrons. The number of aryl methyl sites for hydroxylation is 2. The van der Waals surface area contributed by atoms with Gasteiger partial charge in [0.1, 0.15) is 0 Å². The van der Waals surface area contributed by atoms with Crippen LogP contribution in [0, 0.1) is 13.8 Å². The fraction of sp³-hybridized carbons (Fsp3) is 0.174. The summed E-state index contributed by atoms with van der Waals surface area (Å²) in [5.74, 6) is -0.903. The molecule has 29 heavy (non-hydrogen) atoms. The number of carbonyl (C=O) groups is 3. The summed E-state index contributed by atoms with van der Waals surface area (Å²) in [6, 6.07) is 11.2. The number of carbonyl (C=O) groups excluding carboxylic acids is 3. The molecule has 4 rings (SSSR count). The predicted molar refractivity (Wildman–Crippen MR) is 109 cm³/mol. The van der Waals surface area contributed by atoms with Crippen LogP contribution in [0.15, 0.2) is 60.7 Å². The summed E-state index contributed by atoms with van der Waals surface area (Å²) < 4.78 is 0. The fourth-order valence-corrected chi connectivity index (χ4v) is 3.65. The van der Waals surface area contributed by atoms with E-state index in [0.717, 1.165) is 27.2 Å². The molecule has 0 fully saturated rings. The van der Waals surface area contributed by atoms with Crippen LogP contribution in [0.2, 0.25) is 0 Å². The van der Waals surface area contributed by atoms with Gasteiger partial charge in [-0.15, -0.1) is 0 Å². The molecule has 2 heterocycles. The third kappa shape index (κ3) is 3.39. The first-order valence-corrected chi connectivity index (χ1v) is 9.30. The third-order valence-electron chi connectivity index (χ3n) is 5.29.